The molecule has 3 nitrogen and oxygen atoms in total. The fraction of sp³-hybridized carbons (Fsp3) is 0.308. The fourth-order valence-electron chi connectivity index (χ4n) is 1.27. The maximum Gasteiger partial charge on any atom is 0.307 e. The Morgan fingerprint density at radius 3 is 2.75 bits per heavy atom. The molecule has 0 spiro atoms. The van der Waals surface area contributed by atoms with E-state index in [4.69, 9.17) is 9.84 Å². The first kappa shape index (κ1) is 12.3. The molecule has 0 radical (unpaired) electrons. The van der Waals surface area contributed by atoms with Crippen molar-refractivity contribution in [2.45, 2.75) is 26.4 Å². The van der Waals surface area contributed by atoms with E-state index in [-0.39, 0.29) is 12.5 Å². The summed E-state index contributed by atoms with van der Waals surface area (Å²) in [5.74, 6) is -0.0577. The Balaban J connectivity index is 2.78. The monoisotopic (exact) mass is 220 g/mol. The Morgan fingerprint density at radius 2 is 2.12 bits per heavy atom. The highest BCUT2D eigenvalue weighted by molar-refractivity contribution is 5.71. The molecule has 1 aromatic carbocycles. The topological polar surface area (TPSA) is 46.5 Å². The highest BCUT2D eigenvalue weighted by Gasteiger charge is 2.01. The van der Waals surface area contributed by atoms with E-state index in [1.54, 1.807) is 12.2 Å². The molecule has 3 heteroatoms. The normalized spacial score (nSPS) is 10.9. The lowest BCUT2D eigenvalue weighted by atomic mass is 10.1. The van der Waals surface area contributed by atoms with Crippen molar-refractivity contribution in [3.05, 3.63) is 35.9 Å². The summed E-state index contributed by atoms with van der Waals surface area (Å²) in [6.07, 6.45) is 3.52. The maximum absolute atomic E-state index is 10.4. The van der Waals surface area contributed by atoms with Crippen LogP contribution in [0.3, 0.4) is 0 Å². The van der Waals surface area contributed by atoms with Crippen LogP contribution in [0.25, 0.3) is 6.08 Å². The molecule has 0 saturated carbocycles. The molecule has 0 aliphatic heterocycles. The Morgan fingerprint density at radius 1 is 1.44 bits per heavy atom. The molecule has 0 aliphatic rings. The van der Waals surface area contributed by atoms with E-state index in [9.17, 15) is 4.79 Å². The molecule has 0 heterocycles. The molecule has 0 saturated heterocycles. The minimum absolute atomic E-state index is 0.0238. The van der Waals surface area contributed by atoms with E-state index in [1.807, 2.05) is 38.1 Å². The highest BCUT2D eigenvalue weighted by Crippen LogP contribution is 2.20. The van der Waals surface area contributed by atoms with Gasteiger partial charge in [0, 0.05) is 5.56 Å². The summed E-state index contributed by atoms with van der Waals surface area (Å²) in [6.45, 7) is 3.91. The average molecular weight is 220 g/mol. The highest BCUT2D eigenvalue weighted by atomic mass is 16.5. The number of aliphatic carboxylic acids is 1. The predicted octanol–water partition coefficient (Wildman–Crippen LogP) is 2.96. The summed E-state index contributed by atoms with van der Waals surface area (Å²) in [5.41, 5.74) is 0.900. The van der Waals surface area contributed by atoms with Crippen LogP contribution in [0.15, 0.2) is 30.3 Å². The molecule has 1 N–H and O–H groups in total. The van der Waals surface area contributed by atoms with E-state index < -0.39 is 5.97 Å². The number of benzene rings is 1. The number of carboxylic acid groups (broad SMARTS) is 1. The van der Waals surface area contributed by atoms with E-state index in [0.717, 1.165) is 11.3 Å². The predicted molar refractivity (Wildman–Crippen MR) is 63.5 cm³/mol. The number of carboxylic acids is 1. The lowest BCUT2D eigenvalue weighted by Gasteiger charge is -2.11. The molecule has 0 aromatic heterocycles. The van der Waals surface area contributed by atoms with E-state index in [2.05, 4.69) is 0 Å². The second kappa shape index (κ2) is 5.95. The third-order valence-electron chi connectivity index (χ3n) is 1.87. The maximum atomic E-state index is 10.4. The molecule has 86 valence electrons. The van der Waals surface area contributed by atoms with Crippen LogP contribution in [0.4, 0.5) is 0 Å². The van der Waals surface area contributed by atoms with Gasteiger partial charge in [0.2, 0.25) is 0 Å². The summed E-state index contributed by atoms with van der Waals surface area (Å²) in [6, 6.07) is 7.57. The van der Waals surface area contributed by atoms with Gasteiger partial charge in [-0.05, 0) is 19.9 Å². The summed E-state index contributed by atoms with van der Waals surface area (Å²) >= 11 is 0. The third kappa shape index (κ3) is 4.17. The van der Waals surface area contributed by atoms with Crippen LogP contribution >= 0.6 is 0 Å². The van der Waals surface area contributed by atoms with Gasteiger partial charge in [0.15, 0.2) is 0 Å². The summed E-state index contributed by atoms with van der Waals surface area (Å²) in [7, 11) is 0. The van der Waals surface area contributed by atoms with Crippen LogP contribution in [-0.2, 0) is 4.79 Å². The Hall–Kier alpha value is -1.77. The minimum Gasteiger partial charge on any atom is -0.490 e. The summed E-state index contributed by atoms with van der Waals surface area (Å²) in [4.78, 5) is 10.4. The zero-order valence-electron chi connectivity index (χ0n) is 9.51. The van der Waals surface area contributed by atoms with Gasteiger partial charge in [-0.1, -0.05) is 30.4 Å². The minimum atomic E-state index is -0.835. The standard InChI is InChI=1S/C13H16O3/c1-10(2)16-12-8-4-3-6-11(12)7-5-9-13(14)15/h3-8,10H,9H2,1-2H3,(H,14,15). The second-order valence-corrected chi connectivity index (χ2v) is 3.70. The van der Waals surface area contributed by atoms with Crippen LogP contribution in [0.2, 0.25) is 0 Å². The number of hydrogen-bond acceptors (Lipinski definition) is 2. The molecule has 0 amide bonds. The molecule has 0 unspecified atom stereocenters. The Bertz CT molecular complexity index is 381. The van der Waals surface area contributed by atoms with Crippen LogP contribution < -0.4 is 4.74 Å². The van der Waals surface area contributed by atoms with Crippen molar-refractivity contribution in [3.63, 3.8) is 0 Å². The summed E-state index contributed by atoms with van der Waals surface area (Å²) in [5, 5.41) is 8.52. The number of para-hydroxylation sites is 1. The molecule has 1 rings (SSSR count). The molecule has 0 atom stereocenters. The first-order valence-corrected chi connectivity index (χ1v) is 5.23. The van der Waals surface area contributed by atoms with Crippen molar-refractivity contribution < 1.29 is 14.6 Å². The van der Waals surface area contributed by atoms with Gasteiger partial charge in [0.1, 0.15) is 5.75 Å². The number of ether oxygens (including phenoxy) is 1. The first-order valence-electron chi connectivity index (χ1n) is 5.23. The van der Waals surface area contributed by atoms with Crippen LogP contribution in [0.5, 0.6) is 5.75 Å². The zero-order valence-corrected chi connectivity index (χ0v) is 9.51. The Kier molecular flexibility index (Phi) is 4.58. The first-order chi connectivity index (χ1) is 7.59. The van der Waals surface area contributed by atoms with Gasteiger partial charge >= 0.3 is 5.97 Å². The van der Waals surface area contributed by atoms with Gasteiger partial charge < -0.3 is 9.84 Å². The average Bonchev–Trinajstić information content (AvgIpc) is 2.19. The van der Waals surface area contributed by atoms with Crippen molar-refractivity contribution in [1.82, 2.24) is 0 Å². The molecular formula is C13H16O3. The van der Waals surface area contributed by atoms with Crippen LogP contribution in [0, 0.1) is 0 Å². The largest absolute Gasteiger partial charge is 0.490 e. The van der Waals surface area contributed by atoms with Crippen molar-refractivity contribution in [1.29, 1.82) is 0 Å². The van der Waals surface area contributed by atoms with Gasteiger partial charge in [-0.2, -0.15) is 0 Å². The molecule has 0 aliphatic carbocycles. The molecular weight excluding hydrogens is 204 g/mol. The smallest absolute Gasteiger partial charge is 0.307 e. The van der Waals surface area contributed by atoms with E-state index in [1.165, 1.54) is 0 Å². The van der Waals surface area contributed by atoms with Crippen molar-refractivity contribution in [2.75, 3.05) is 0 Å². The van der Waals surface area contributed by atoms with Gasteiger partial charge in [-0.25, -0.2) is 0 Å². The number of hydrogen-bond donors (Lipinski definition) is 1. The van der Waals surface area contributed by atoms with E-state index in [0.29, 0.717) is 0 Å². The van der Waals surface area contributed by atoms with Crippen molar-refractivity contribution in [2.24, 2.45) is 0 Å². The number of carbonyl (C=O) groups is 1. The quantitative estimate of drug-likeness (QED) is 0.829. The SMILES string of the molecule is CC(C)Oc1ccccc1C=CCC(=O)O. The van der Waals surface area contributed by atoms with Gasteiger partial charge in [-0.3, -0.25) is 4.79 Å². The third-order valence-corrected chi connectivity index (χ3v) is 1.87. The zero-order chi connectivity index (χ0) is 12.0. The van der Waals surface area contributed by atoms with Crippen LogP contribution in [-0.4, -0.2) is 17.2 Å². The van der Waals surface area contributed by atoms with Gasteiger partial charge in [0.05, 0.1) is 12.5 Å². The molecule has 0 bridgehead atoms. The second-order valence-electron chi connectivity index (χ2n) is 3.70. The molecule has 16 heavy (non-hydrogen) atoms. The van der Waals surface area contributed by atoms with E-state index >= 15 is 0 Å². The lowest BCUT2D eigenvalue weighted by Crippen LogP contribution is -2.06. The molecule has 0 fully saturated rings. The van der Waals surface area contributed by atoms with Crippen molar-refractivity contribution >= 4 is 12.0 Å². The lowest BCUT2D eigenvalue weighted by molar-refractivity contribution is -0.135. The van der Waals surface area contributed by atoms with Crippen molar-refractivity contribution in [3.8, 4) is 5.75 Å². The van der Waals surface area contributed by atoms with Gasteiger partial charge in [-0.15, -0.1) is 0 Å². The summed E-state index contributed by atoms with van der Waals surface area (Å²) < 4.78 is 5.60. The van der Waals surface area contributed by atoms with Gasteiger partial charge in [0.25, 0.3) is 0 Å². The molecule has 1 aromatic rings. The van der Waals surface area contributed by atoms with Crippen LogP contribution in [0.1, 0.15) is 25.8 Å². The number of rotatable bonds is 5. The Labute approximate surface area is 95.4 Å². The fourth-order valence-corrected chi connectivity index (χ4v) is 1.27.